The molecule has 32 heavy (non-hydrogen) atoms. The minimum atomic E-state index is -0.599. The molecule has 1 aliphatic carbocycles. The molecular weight excluding hydrogens is 430 g/mol. The third-order valence-corrected chi connectivity index (χ3v) is 7.61. The zero-order valence-electron chi connectivity index (χ0n) is 19.0. The Bertz CT molecular complexity index is 857. The Balaban J connectivity index is 1.67. The number of amides is 2. The molecule has 2 saturated heterocycles. The predicted octanol–water partition coefficient (Wildman–Crippen LogP) is 3.93. The van der Waals surface area contributed by atoms with Gasteiger partial charge in [-0.25, -0.2) is 0 Å². The van der Waals surface area contributed by atoms with Crippen LogP contribution in [0.15, 0.2) is 6.07 Å². The van der Waals surface area contributed by atoms with E-state index in [-0.39, 0.29) is 17.4 Å². The molecule has 0 aromatic heterocycles. The van der Waals surface area contributed by atoms with Crippen LogP contribution in [0.2, 0.25) is 5.02 Å². The molecule has 1 aromatic rings. The second kappa shape index (κ2) is 9.98. The first-order chi connectivity index (χ1) is 15.4. The number of carbonyl (C=O) groups is 2. The highest BCUT2D eigenvalue weighted by Gasteiger charge is 2.42. The van der Waals surface area contributed by atoms with E-state index in [0.717, 1.165) is 30.9 Å². The maximum absolute atomic E-state index is 12.1. The molecule has 3 N–H and O–H groups in total. The van der Waals surface area contributed by atoms with Crippen LogP contribution in [0.5, 0.6) is 5.75 Å². The predicted molar refractivity (Wildman–Crippen MR) is 124 cm³/mol. The molecule has 0 spiro atoms. The van der Waals surface area contributed by atoms with Crippen molar-refractivity contribution in [3.8, 4) is 5.75 Å². The molecule has 2 aliphatic heterocycles. The number of piperidine rings is 1. The van der Waals surface area contributed by atoms with E-state index in [9.17, 15) is 9.59 Å². The number of nitrogens with two attached hydrogens (primary N) is 1. The summed E-state index contributed by atoms with van der Waals surface area (Å²) >= 11 is 6.54. The number of primary amides is 1. The van der Waals surface area contributed by atoms with Crippen molar-refractivity contribution in [2.45, 2.75) is 69.9 Å². The van der Waals surface area contributed by atoms with Crippen LogP contribution in [0.25, 0.3) is 0 Å². The Kier molecular flexibility index (Phi) is 7.27. The number of methoxy groups -OCH3 is 1. The van der Waals surface area contributed by atoms with E-state index in [4.69, 9.17) is 26.8 Å². The van der Waals surface area contributed by atoms with Crippen molar-refractivity contribution in [3.63, 3.8) is 0 Å². The molecule has 4 rings (SSSR count). The monoisotopic (exact) mass is 463 g/mol. The minimum Gasteiger partial charge on any atom is -0.496 e. The minimum absolute atomic E-state index is 0.0742. The number of halogens is 1. The van der Waals surface area contributed by atoms with Crippen LogP contribution < -0.4 is 15.8 Å². The summed E-state index contributed by atoms with van der Waals surface area (Å²) < 4.78 is 11.6. The molecule has 0 radical (unpaired) electrons. The first-order valence-electron chi connectivity index (χ1n) is 11.7. The number of benzene rings is 1. The molecule has 3 fully saturated rings. The van der Waals surface area contributed by atoms with Crippen LogP contribution in [0.3, 0.4) is 0 Å². The molecule has 3 aliphatic rings. The zero-order chi connectivity index (χ0) is 22.8. The first kappa shape index (κ1) is 23.3. The van der Waals surface area contributed by atoms with Gasteiger partial charge in [0.2, 0.25) is 5.91 Å². The molecule has 7 nitrogen and oxygen atoms in total. The molecule has 8 heteroatoms. The number of hydrogen-bond donors (Lipinski definition) is 2. The van der Waals surface area contributed by atoms with Crippen LogP contribution >= 0.6 is 11.6 Å². The number of nitrogens with one attached hydrogen (secondary N) is 1. The number of fused-ring (bicyclic) bond motifs is 2. The van der Waals surface area contributed by atoms with Crippen LogP contribution in [0, 0.1) is 5.92 Å². The third-order valence-electron chi connectivity index (χ3n) is 7.31. The average molecular weight is 464 g/mol. The summed E-state index contributed by atoms with van der Waals surface area (Å²) in [5, 5.41) is 3.18. The van der Waals surface area contributed by atoms with E-state index < -0.39 is 5.91 Å². The largest absolute Gasteiger partial charge is 0.496 e. The molecule has 2 atom stereocenters. The normalized spacial score (nSPS) is 26.5. The van der Waals surface area contributed by atoms with Crippen molar-refractivity contribution in [1.82, 2.24) is 4.90 Å². The fraction of sp³-hybridized carbons (Fsp3) is 0.667. The van der Waals surface area contributed by atoms with E-state index in [0.29, 0.717) is 41.8 Å². The third kappa shape index (κ3) is 4.75. The Morgan fingerprint density at radius 2 is 1.88 bits per heavy atom. The molecule has 2 unspecified atom stereocenters. The Morgan fingerprint density at radius 3 is 2.44 bits per heavy atom. The van der Waals surface area contributed by atoms with E-state index in [1.807, 2.05) is 0 Å². The van der Waals surface area contributed by atoms with Gasteiger partial charge in [-0.3, -0.25) is 14.5 Å². The molecule has 1 saturated carbocycles. The van der Waals surface area contributed by atoms with Crippen LogP contribution in [-0.2, 0) is 9.53 Å². The van der Waals surface area contributed by atoms with Gasteiger partial charge in [0.1, 0.15) is 5.75 Å². The highest BCUT2D eigenvalue weighted by atomic mass is 35.5. The highest BCUT2D eigenvalue weighted by Crippen LogP contribution is 2.48. The molecular formula is C24H34ClN3O4. The number of anilines is 1. The van der Waals surface area contributed by atoms with Crippen molar-refractivity contribution in [2.24, 2.45) is 11.7 Å². The summed E-state index contributed by atoms with van der Waals surface area (Å²) in [5.41, 5.74) is 7.17. The Morgan fingerprint density at radius 1 is 1.22 bits per heavy atom. The Hall–Kier alpha value is -1.83. The fourth-order valence-corrected chi connectivity index (χ4v) is 6.20. The molecule has 1 aromatic carbocycles. The average Bonchev–Trinajstić information content (AvgIpc) is 2.75. The second-order valence-corrected chi connectivity index (χ2v) is 9.89. The van der Waals surface area contributed by atoms with E-state index in [1.165, 1.54) is 52.2 Å². The van der Waals surface area contributed by atoms with Gasteiger partial charge >= 0.3 is 0 Å². The lowest BCUT2D eigenvalue weighted by atomic mass is 9.78. The lowest BCUT2D eigenvalue weighted by Gasteiger charge is -2.50. The van der Waals surface area contributed by atoms with Gasteiger partial charge in [0, 0.05) is 31.1 Å². The summed E-state index contributed by atoms with van der Waals surface area (Å²) in [6.07, 6.45) is 8.37. The summed E-state index contributed by atoms with van der Waals surface area (Å²) in [7, 11) is 1.53. The van der Waals surface area contributed by atoms with E-state index in [1.54, 1.807) is 0 Å². The summed E-state index contributed by atoms with van der Waals surface area (Å²) in [6.45, 7) is 3.97. The number of morpholine rings is 1. The molecule has 2 amide bonds. The molecule has 2 bridgehead atoms. The van der Waals surface area contributed by atoms with E-state index >= 15 is 0 Å². The van der Waals surface area contributed by atoms with Gasteiger partial charge in [0.05, 0.1) is 36.6 Å². The van der Waals surface area contributed by atoms with Crippen LogP contribution in [-0.4, -0.2) is 55.7 Å². The number of carbonyl (C=O) groups excluding carboxylic acids is 2. The highest BCUT2D eigenvalue weighted by molar-refractivity contribution is 6.34. The topological polar surface area (TPSA) is 93.9 Å². The maximum atomic E-state index is 12.1. The quantitative estimate of drug-likeness (QED) is 0.666. The van der Waals surface area contributed by atoms with Gasteiger partial charge in [0.15, 0.2) is 0 Å². The lowest BCUT2D eigenvalue weighted by Crippen LogP contribution is -2.57. The van der Waals surface area contributed by atoms with E-state index in [2.05, 4.69) is 10.2 Å². The van der Waals surface area contributed by atoms with Crippen molar-refractivity contribution in [3.05, 3.63) is 22.2 Å². The summed E-state index contributed by atoms with van der Waals surface area (Å²) in [6, 6.07) is 2.07. The number of ether oxygens (including phenoxy) is 2. The van der Waals surface area contributed by atoms with Gasteiger partial charge in [-0.15, -0.1) is 0 Å². The fourth-order valence-electron chi connectivity index (χ4n) is 5.94. The van der Waals surface area contributed by atoms with Gasteiger partial charge < -0.3 is 20.5 Å². The van der Waals surface area contributed by atoms with Crippen LogP contribution in [0.1, 0.15) is 73.7 Å². The smallest absolute Gasteiger partial charge is 0.252 e. The number of nitrogens with zero attached hydrogens (tertiary/aromatic N) is 1. The SMILES string of the molecule is COc1c(C(N)=O)cc(Cl)c(NC(C)=O)c1C1CC2COCC(C1)N2CC1CCCCC1. The standard InChI is InChI=1S/C24H34ClN3O4/c1-14(29)27-22-20(25)10-19(24(26)30)23(31-2)21(22)16-8-17-12-32-13-18(9-16)28(17)11-15-6-4-3-5-7-15/h10,15-18H,3-9,11-13H2,1-2H3,(H2,26,30)(H,27,29). The van der Waals surface area contributed by atoms with Crippen molar-refractivity contribution in [1.29, 1.82) is 0 Å². The van der Waals surface area contributed by atoms with Crippen molar-refractivity contribution in [2.75, 3.05) is 32.2 Å². The zero-order valence-corrected chi connectivity index (χ0v) is 19.7. The van der Waals surface area contributed by atoms with Gasteiger partial charge in [-0.05, 0) is 43.6 Å². The lowest BCUT2D eigenvalue weighted by molar-refractivity contribution is -0.114. The number of rotatable bonds is 6. The first-order valence-corrected chi connectivity index (χ1v) is 12.1. The van der Waals surface area contributed by atoms with Gasteiger partial charge in [-0.1, -0.05) is 30.9 Å². The molecule has 2 heterocycles. The van der Waals surface area contributed by atoms with Gasteiger partial charge in [0.25, 0.3) is 5.91 Å². The maximum Gasteiger partial charge on any atom is 0.252 e. The Labute approximate surface area is 194 Å². The molecule has 176 valence electrons. The van der Waals surface area contributed by atoms with Gasteiger partial charge in [-0.2, -0.15) is 0 Å². The van der Waals surface area contributed by atoms with Crippen molar-refractivity contribution < 1.29 is 19.1 Å². The number of hydrogen-bond acceptors (Lipinski definition) is 5. The van der Waals surface area contributed by atoms with Crippen molar-refractivity contribution >= 4 is 29.1 Å². The second-order valence-electron chi connectivity index (χ2n) is 9.49. The summed E-state index contributed by atoms with van der Waals surface area (Å²) in [4.78, 5) is 26.7. The summed E-state index contributed by atoms with van der Waals surface area (Å²) in [5.74, 6) is 0.430. The van der Waals surface area contributed by atoms with Crippen LogP contribution in [0.4, 0.5) is 5.69 Å².